The van der Waals surface area contributed by atoms with E-state index in [0.29, 0.717) is 13.0 Å². The van der Waals surface area contributed by atoms with Gasteiger partial charge >= 0.3 is 0 Å². The van der Waals surface area contributed by atoms with E-state index < -0.39 is 0 Å². The number of anilines is 1. The van der Waals surface area contributed by atoms with E-state index in [1.807, 2.05) is 29.2 Å². The highest BCUT2D eigenvalue weighted by Gasteiger charge is 2.43. The molecule has 4 N–H and O–H groups in total. The Morgan fingerprint density at radius 2 is 2.00 bits per heavy atom. The molecule has 0 spiro atoms. The molecule has 1 amide bonds. The number of nitriles is 1. The van der Waals surface area contributed by atoms with Crippen molar-refractivity contribution >= 4 is 11.6 Å². The summed E-state index contributed by atoms with van der Waals surface area (Å²) in [6.07, 6.45) is 2.65. The highest BCUT2D eigenvalue weighted by molar-refractivity contribution is 5.75. The molecule has 0 saturated heterocycles. The number of carbonyl (C=O) groups is 1. The summed E-state index contributed by atoms with van der Waals surface area (Å²) in [5, 5.41) is 8.88. The number of hydrogen-bond acceptors (Lipinski definition) is 4. The molecule has 1 aromatic carbocycles. The van der Waals surface area contributed by atoms with Crippen LogP contribution in [0.5, 0.6) is 0 Å². The van der Waals surface area contributed by atoms with E-state index in [-0.39, 0.29) is 17.9 Å². The maximum atomic E-state index is 11.2. The van der Waals surface area contributed by atoms with Crippen LogP contribution < -0.4 is 11.5 Å². The largest absolute Gasteiger partial charge is 0.399 e. The zero-order chi connectivity index (χ0) is 14.6. The van der Waals surface area contributed by atoms with E-state index >= 15 is 0 Å². The van der Waals surface area contributed by atoms with Crippen LogP contribution in [0.1, 0.15) is 24.8 Å². The van der Waals surface area contributed by atoms with Crippen LogP contribution in [0.2, 0.25) is 0 Å². The molecule has 106 valence electrons. The van der Waals surface area contributed by atoms with E-state index in [2.05, 4.69) is 6.07 Å². The highest BCUT2D eigenvalue weighted by Crippen LogP contribution is 2.49. The number of rotatable bonds is 7. The molecule has 1 aromatic rings. The molecular weight excluding hydrogens is 252 g/mol. The predicted octanol–water partition coefficient (Wildman–Crippen LogP) is 1.25. The Hall–Kier alpha value is -2.06. The molecule has 2 rings (SSSR count). The van der Waals surface area contributed by atoms with Gasteiger partial charge in [-0.2, -0.15) is 5.26 Å². The van der Waals surface area contributed by atoms with Crippen molar-refractivity contribution in [3.05, 3.63) is 29.8 Å². The molecule has 0 bridgehead atoms. The van der Waals surface area contributed by atoms with Gasteiger partial charge in [0.2, 0.25) is 5.91 Å². The first-order valence-electron chi connectivity index (χ1n) is 6.75. The molecule has 1 aliphatic rings. The zero-order valence-electron chi connectivity index (χ0n) is 11.5. The third kappa shape index (κ3) is 3.97. The number of nitrogen functional groups attached to an aromatic ring is 1. The van der Waals surface area contributed by atoms with Gasteiger partial charge in [0.1, 0.15) is 0 Å². The average Bonchev–Trinajstić information content (AvgIpc) is 3.11. The van der Waals surface area contributed by atoms with Gasteiger partial charge in [0.15, 0.2) is 0 Å². The Kier molecular flexibility index (Phi) is 4.26. The normalized spacial score (nSPS) is 15.8. The van der Waals surface area contributed by atoms with Gasteiger partial charge in [-0.25, -0.2) is 0 Å². The maximum Gasteiger partial charge on any atom is 0.231 e. The highest BCUT2D eigenvalue weighted by atomic mass is 16.1. The SMILES string of the molecule is N#CCC1(CN(CC(N)=O)Cc2ccc(N)cc2)CC1. The lowest BCUT2D eigenvalue weighted by atomic mass is 10.0. The summed E-state index contributed by atoms with van der Waals surface area (Å²) in [7, 11) is 0. The van der Waals surface area contributed by atoms with Gasteiger partial charge in [0, 0.05) is 25.2 Å². The summed E-state index contributed by atoms with van der Waals surface area (Å²) in [5.41, 5.74) is 12.9. The molecule has 0 radical (unpaired) electrons. The molecule has 5 nitrogen and oxygen atoms in total. The smallest absolute Gasteiger partial charge is 0.231 e. The topological polar surface area (TPSA) is 96.1 Å². The fourth-order valence-electron chi connectivity index (χ4n) is 2.48. The molecular formula is C15H20N4O. The van der Waals surface area contributed by atoms with E-state index in [9.17, 15) is 4.79 Å². The maximum absolute atomic E-state index is 11.2. The molecule has 0 heterocycles. The number of nitrogens with zero attached hydrogens (tertiary/aromatic N) is 2. The van der Waals surface area contributed by atoms with Crippen LogP contribution in [0.15, 0.2) is 24.3 Å². The van der Waals surface area contributed by atoms with Crippen molar-refractivity contribution < 1.29 is 4.79 Å². The zero-order valence-corrected chi connectivity index (χ0v) is 11.5. The number of benzene rings is 1. The van der Waals surface area contributed by atoms with Crippen LogP contribution in [0.3, 0.4) is 0 Å². The van der Waals surface area contributed by atoms with E-state index in [1.54, 1.807) is 0 Å². The first-order valence-corrected chi connectivity index (χ1v) is 6.75. The fourth-order valence-corrected chi connectivity index (χ4v) is 2.48. The van der Waals surface area contributed by atoms with Gasteiger partial charge in [-0.1, -0.05) is 12.1 Å². The lowest BCUT2D eigenvalue weighted by molar-refractivity contribution is -0.119. The van der Waals surface area contributed by atoms with Crippen LogP contribution in [-0.4, -0.2) is 23.9 Å². The molecule has 0 atom stereocenters. The van der Waals surface area contributed by atoms with E-state index in [4.69, 9.17) is 16.7 Å². The van der Waals surface area contributed by atoms with Gasteiger partial charge < -0.3 is 11.5 Å². The Morgan fingerprint density at radius 3 is 2.50 bits per heavy atom. The van der Waals surface area contributed by atoms with Gasteiger partial charge in [-0.3, -0.25) is 9.69 Å². The van der Waals surface area contributed by atoms with Crippen LogP contribution >= 0.6 is 0 Å². The Bertz CT molecular complexity index is 514. The van der Waals surface area contributed by atoms with Gasteiger partial charge in [-0.15, -0.1) is 0 Å². The first-order chi connectivity index (χ1) is 9.53. The van der Waals surface area contributed by atoms with Crippen molar-refractivity contribution in [3.63, 3.8) is 0 Å². The van der Waals surface area contributed by atoms with Gasteiger partial charge in [-0.05, 0) is 36.0 Å². The minimum atomic E-state index is -0.340. The van der Waals surface area contributed by atoms with E-state index in [0.717, 1.165) is 30.6 Å². The monoisotopic (exact) mass is 272 g/mol. The van der Waals surface area contributed by atoms with Crippen molar-refractivity contribution in [1.82, 2.24) is 4.90 Å². The number of hydrogen-bond donors (Lipinski definition) is 2. The van der Waals surface area contributed by atoms with Crippen LogP contribution in [0.25, 0.3) is 0 Å². The average molecular weight is 272 g/mol. The summed E-state index contributed by atoms with van der Waals surface area (Å²) >= 11 is 0. The standard InChI is InChI=1S/C15H20N4O/c16-8-7-15(5-6-15)11-19(10-14(18)20)9-12-1-3-13(17)4-2-12/h1-4H,5-7,9-11,17H2,(H2,18,20). The molecule has 1 saturated carbocycles. The lowest BCUT2D eigenvalue weighted by Crippen LogP contribution is -2.37. The second kappa shape index (κ2) is 5.93. The number of amides is 1. The van der Waals surface area contributed by atoms with E-state index in [1.165, 1.54) is 0 Å². The summed E-state index contributed by atoms with van der Waals surface area (Å²) in [6, 6.07) is 9.84. The number of primary amides is 1. The van der Waals surface area contributed by atoms with Crippen molar-refractivity contribution in [2.45, 2.75) is 25.8 Å². The second-order valence-electron chi connectivity index (χ2n) is 5.69. The molecule has 0 aromatic heterocycles. The fraction of sp³-hybridized carbons (Fsp3) is 0.467. The van der Waals surface area contributed by atoms with Crippen molar-refractivity contribution in [1.29, 1.82) is 5.26 Å². The predicted molar refractivity (Wildman–Crippen MR) is 77.2 cm³/mol. The van der Waals surface area contributed by atoms with Crippen LogP contribution in [0.4, 0.5) is 5.69 Å². The third-order valence-corrected chi connectivity index (χ3v) is 3.74. The molecule has 5 heteroatoms. The third-order valence-electron chi connectivity index (χ3n) is 3.74. The minimum absolute atomic E-state index is 0.0675. The summed E-state index contributed by atoms with van der Waals surface area (Å²) < 4.78 is 0. The minimum Gasteiger partial charge on any atom is -0.399 e. The van der Waals surface area contributed by atoms with Crippen LogP contribution in [0, 0.1) is 16.7 Å². The summed E-state index contributed by atoms with van der Waals surface area (Å²) in [6.45, 7) is 1.61. The number of carbonyl (C=O) groups excluding carboxylic acids is 1. The van der Waals surface area contributed by atoms with Crippen molar-refractivity contribution in [2.75, 3.05) is 18.8 Å². The van der Waals surface area contributed by atoms with Crippen molar-refractivity contribution in [3.8, 4) is 6.07 Å². The molecule has 0 unspecified atom stereocenters. The first kappa shape index (κ1) is 14.4. The molecule has 1 fully saturated rings. The summed E-state index contributed by atoms with van der Waals surface area (Å²) in [4.78, 5) is 13.2. The Morgan fingerprint density at radius 1 is 1.35 bits per heavy atom. The summed E-state index contributed by atoms with van der Waals surface area (Å²) in [5.74, 6) is -0.340. The molecule has 20 heavy (non-hydrogen) atoms. The van der Waals surface area contributed by atoms with Crippen molar-refractivity contribution in [2.24, 2.45) is 11.1 Å². The Balaban J connectivity index is 2.02. The van der Waals surface area contributed by atoms with Gasteiger partial charge in [0.05, 0.1) is 12.6 Å². The molecule has 1 aliphatic carbocycles. The van der Waals surface area contributed by atoms with Crippen LogP contribution in [-0.2, 0) is 11.3 Å². The second-order valence-corrected chi connectivity index (χ2v) is 5.69. The molecule has 0 aliphatic heterocycles. The quantitative estimate of drug-likeness (QED) is 0.730. The lowest BCUT2D eigenvalue weighted by Gasteiger charge is -2.25. The van der Waals surface area contributed by atoms with Gasteiger partial charge in [0.25, 0.3) is 0 Å². The Labute approximate surface area is 119 Å². The number of nitrogens with two attached hydrogens (primary N) is 2.